The number of nitrogens with zero attached hydrogens (tertiary/aromatic N) is 3. The fourth-order valence-corrected chi connectivity index (χ4v) is 5.26. The van der Waals surface area contributed by atoms with Crippen LogP contribution < -0.4 is 10.6 Å². The number of hydrogen-bond donors (Lipinski definition) is 2. The van der Waals surface area contributed by atoms with E-state index < -0.39 is 52.6 Å². The Balaban J connectivity index is 1.55. The van der Waals surface area contributed by atoms with E-state index in [4.69, 9.17) is 11.6 Å². The van der Waals surface area contributed by atoms with Crippen LogP contribution in [-0.4, -0.2) is 21.2 Å². The summed E-state index contributed by atoms with van der Waals surface area (Å²) in [6.45, 7) is 0. The van der Waals surface area contributed by atoms with Crippen LogP contribution in [0.3, 0.4) is 0 Å². The summed E-state index contributed by atoms with van der Waals surface area (Å²) in [6.07, 6.45) is -2.49. The molecule has 0 bridgehead atoms. The molecule has 44 heavy (non-hydrogen) atoms. The smallest absolute Gasteiger partial charge is 0.341 e. The number of aromatic nitrogens is 2. The first kappa shape index (κ1) is 28.8. The van der Waals surface area contributed by atoms with Gasteiger partial charge in [0.1, 0.15) is 34.9 Å². The van der Waals surface area contributed by atoms with Gasteiger partial charge in [0.15, 0.2) is 0 Å². The number of alkyl halides is 3. The fourth-order valence-electron chi connectivity index (χ4n) is 5.03. The highest BCUT2D eigenvalue weighted by Gasteiger charge is 2.36. The molecule has 0 aliphatic carbocycles. The summed E-state index contributed by atoms with van der Waals surface area (Å²) in [5.41, 5.74) is -2.17. The van der Waals surface area contributed by atoms with Gasteiger partial charge in [-0.3, -0.25) is 14.0 Å². The zero-order chi connectivity index (χ0) is 31.5. The van der Waals surface area contributed by atoms with Crippen molar-refractivity contribution in [2.24, 2.45) is 0 Å². The number of carbonyl (C=O) groups is 2. The molecule has 0 fully saturated rings. The van der Waals surface area contributed by atoms with Gasteiger partial charge in [0.25, 0.3) is 11.8 Å². The number of imidazole rings is 1. The maximum absolute atomic E-state index is 15.3. The lowest BCUT2D eigenvalue weighted by atomic mass is 9.92. The van der Waals surface area contributed by atoms with Crippen molar-refractivity contribution in [2.45, 2.75) is 12.2 Å². The van der Waals surface area contributed by atoms with Crippen molar-refractivity contribution in [3.8, 4) is 17.2 Å². The van der Waals surface area contributed by atoms with Crippen LogP contribution in [0.2, 0.25) is 5.02 Å². The number of pyridine rings is 1. The molecule has 0 spiro atoms. The normalized spacial score (nSPS) is 14.3. The predicted octanol–water partition coefficient (Wildman–Crippen LogP) is 7.05. The van der Waals surface area contributed by atoms with Crippen molar-refractivity contribution in [3.63, 3.8) is 0 Å². The van der Waals surface area contributed by atoms with E-state index in [9.17, 15) is 36.8 Å². The van der Waals surface area contributed by atoms with E-state index in [1.807, 2.05) is 6.07 Å². The number of carbonyl (C=O) groups excluding carboxylic acids is 2. The summed E-state index contributed by atoms with van der Waals surface area (Å²) in [5, 5.41) is 14.5. The highest BCUT2D eigenvalue weighted by molar-refractivity contribution is 6.31. The van der Waals surface area contributed by atoms with Crippen molar-refractivity contribution in [1.82, 2.24) is 14.7 Å². The summed E-state index contributed by atoms with van der Waals surface area (Å²) in [4.78, 5) is 30.4. The van der Waals surface area contributed by atoms with E-state index in [1.54, 1.807) is 0 Å². The lowest BCUT2D eigenvalue weighted by Gasteiger charge is -2.19. The standard InChI is InChI=1S/C30H14ClF6N5O2/c31-22-2-1-16(32)8-19(22)27-26-20(29(44)41-27)5-13(21-12-42-18(10-38)11-39-25(42)9-23(21)34)6-24(26)40-28(43)14-3-15(30(35,36)37)7-17(33)4-14/h1-9,11-12,27H,(H,40,43)(H,41,44)/t27-/m0/s1. The van der Waals surface area contributed by atoms with E-state index in [0.29, 0.717) is 12.1 Å². The van der Waals surface area contributed by atoms with Gasteiger partial charge in [-0.25, -0.2) is 18.2 Å². The molecule has 3 aromatic carbocycles. The molecule has 0 saturated heterocycles. The van der Waals surface area contributed by atoms with E-state index in [2.05, 4.69) is 15.6 Å². The summed E-state index contributed by atoms with van der Waals surface area (Å²) >= 11 is 6.31. The molecule has 5 aromatic rings. The maximum Gasteiger partial charge on any atom is 0.416 e. The zero-order valence-corrected chi connectivity index (χ0v) is 22.5. The monoisotopic (exact) mass is 625 g/mol. The Hall–Kier alpha value is -5.35. The summed E-state index contributed by atoms with van der Waals surface area (Å²) in [6, 6.07) is 9.00. The Morgan fingerprint density at radius 1 is 1.02 bits per heavy atom. The SMILES string of the molecule is N#Cc1cnc2cc(F)c(-c3cc(NC(=O)c4cc(F)cc(C(F)(F)F)c4)c4c(c3)C(=O)N[C@H]4c3cc(F)ccc3Cl)cn12. The van der Waals surface area contributed by atoms with Gasteiger partial charge in [-0.15, -0.1) is 0 Å². The number of benzene rings is 3. The van der Waals surface area contributed by atoms with E-state index >= 15 is 4.39 Å². The van der Waals surface area contributed by atoms with Crippen LogP contribution >= 0.6 is 11.6 Å². The summed E-state index contributed by atoms with van der Waals surface area (Å²) < 4.78 is 85.0. The molecule has 0 saturated carbocycles. The first-order valence-electron chi connectivity index (χ1n) is 12.5. The molecule has 14 heteroatoms. The van der Waals surface area contributed by atoms with Gasteiger partial charge in [0.2, 0.25) is 0 Å². The third-order valence-electron chi connectivity index (χ3n) is 7.02. The molecular formula is C30H14ClF6N5O2. The highest BCUT2D eigenvalue weighted by atomic mass is 35.5. The Labute approximate surface area is 248 Å². The van der Waals surface area contributed by atoms with Crippen molar-refractivity contribution in [3.05, 3.63) is 123 Å². The second kappa shape index (κ2) is 10.4. The van der Waals surface area contributed by atoms with E-state index in [1.165, 1.54) is 35.0 Å². The maximum atomic E-state index is 15.3. The number of anilines is 1. The van der Waals surface area contributed by atoms with Crippen molar-refractivity contribution < 1.29 is 35.9 Å². The quantitative estimate of drug-likeness (QED) is 0.209. The van der Waals surface area contributed by atoms with Crippen LogP contribution in [0.1, 0.15) is 49.1 Å². The largest absolute Gasteiger partial charge is 0.416 e. The molecule has 6 rings (SSSR count). The molecule has 2 aromatic heterocycles. The van der Waals surface area contributed by atoms with Crippen LogP contribution in [0.25, 0.3) is 16.8 Å². The molecule has 220 valence electrons. The van der Waals surface area contributed by atoms with Gasteiger partial charge >= 0.3 is 6.18 Å². The minimum atomic E-state index is -4.96. The first-order valence-corrected chi connectivity index (χ1v) is 12.9. The Bertz CT molecular complexity index is 2090. The van der Waals surface area contributed by atoms with Crippen LogP contribution in [0.5, 0.6) is 0 Å². The number of nitrogens with one attached hydrogen (secondary N) is 2. The zero-order valence-electron chi connectivity index (χ0n) is 21.7. The minimum Gasteiger partial charge on any atom is -0.341 e. The molecule has 1 aliphatic heterocycles. The second-order valence-corrected chi connectivity index (χ2v) is 10.2. The third kappa shape index (κ3) is 4.99. The number of fused-ring (bicyclic) bond motifs is 2. The minimum absolute atomic E-state index is 0.0207. The molecule has 2 N–H and O–H groups in total. The first-order chi connectivity index (χ1) is 20.8. The highest BCUT2D eigenvalue weighted by Crippen LogP contribution is 2.42. The lowest BCUT2D eigenvalue weighted by Crippen LogP contribution is -2.21. The Morgan fingerprint density at radius 2 is 1.80 bits per heavy atom. The van der Waals surface area contributed by atoms with Crippen LogP contribution in [-0.2, 0) is 6.18 Å². The summed E-state index contributed by atoms with van der Waals surface area (Å²) in [5.74, 6) is -4.73. The number of rotatable bonds is 4. The predicted molar refractivity (Wildman–Crippen MR) is 145 cm³/mol. The Morgan fingerprint density at radius 3 is 2.52 bits per heavy atom. The van der Waals surface area contributed by atoms with Crippen LogP contribution in [0.15, 0.2) is 67.0 Å². The molecule has 1 atom stereocenters. The number of halogens is 7. The van der Waals surface area contributed by atoms with Crippen LogP contribution in [0.4, 0.5) is 32.0 Å². The topological polar surface area (TPSA) is 99.3 Å². The second-order valence-electron chi connectivity index (χ2n) is 9.76. The Kier molecular flexibility index (Phi) is 6.81. The van der Waals surface area contributed by atoms with Crippen LogP contribution in [0, 0.1) is 28.8 Å². The number of amides is 2. The molecule has 7 nitrogen and oxygen atoms in total. The third-order valence-corrected chi connectivity index (χ3v) is 7.36. The van der Waals surface area contributed by atoms with Gasteiger partial charge in [0.05, 0.1) is 17.8 Å². The number of nitriles is 1. The van der Waals surface area contributed by atoms with Gasteiger partial charge in [0, 0.05) is 50.8 Å². The van der Waals surface area contributed by atoms with E-state index in [-0.39, 0.29) is 55.9 Å². The molecule has 2 amide bonds. The van der Waals surface area contributed by atoms with Gasteiger partial charge in [-0.05, 0) is 54.1 Å². The fraction of sp³-hybridized carbons (Fsp3) is 0.0667. The van der Waals surface area contributed by atoms with Gasteiger partial charge in [-0.2, -0.15) is 18.4 Å². The van der Waals surface area contributed by atoms with Gasteiger partial charge < -0.3 is 10.6 Å². The van der Waals surface area contributed by atoms with Crippen molar-refractivity contribution in [1.29, 1.82) is 5.26 Å². The lowest BCUT2D eigenvalue weighted by molar-refractivity contribution is -0.137. The van der Waals surface area contributed by atoms with Crippen molar-refractivity contribution >= 4 is 34.7 Å². The summed E-state index contributed by atoms with van der Waals surface area (Å²) in [7, 11) is 0. The average Bonchev–Trinajstić information content (AvgIpc) is 3.52. The molecule has 0 unspecified atom stereocenters. The number of hydrogen-bond acceptors (Lipinski definition) is 4. The molecular weight excluding hydrogens is 612 g/mol. The van der Waals surface area contributed by atoms with E-state index in [0.717, 1.165) is 18.2 Å². The average molecular weight is 626 g/mol. The van der Waals surface area contributed by atoms with Gasteiger partial charge in [-0.1, -0.05) is 11.6 Å². The molecule has 3 heterocycles. The molecule has 0 radical (unpaired) electrons. The van der Waals surface area contributed by atoms with Crippen molar-refractivity contribution in [2.75, 3.05) is 5.32 Å². The molecule has 1 aliphatic rings.